The molecule has 2 atom stereocenters. The topological polar surface area (TPSA) is 107 Å². The fourth-order valence-electron chi connectivity index (χ4n) is 6.16. The molecular weight excluding hydrogens is 436 g/mol. The van der Waals surface area contributed by atoms with Crippen molar-refractivity contribution in [3.8, 4) is 0 Å². The first-order valence-corrected chi connectivity index (χ1v) is 10.8. The molecule has 0 aromatic heterocycles. The number of benzene rings is 3. The van der Waals surface area contributed by atoms with Crippen LogP contribution in [-0.2, 0) is 19.9 Å². The van der Waals surface area contributed by atoms with Crippen LogP contribution in [0.25, 0.3) is 0 Å². The van der Waals surface area contributed by atoms with Gasteiger partial charge in [-0.1, -0.05) is 48.5 Å². The van der Waals surface area contributed by atoms with Crippen LogP contribution in [0.5, 0.6) is 0 Å². The predicted molar refractivity (Wildman–Crippen MR) is 120 cm³/mol. The standard InChI is InChI=1S/C26H18N2O6/c1-34-25(31)14-10-12-15(13-11-14)27-23(29)21-20-16-6-2-4-8-18(16)26(28(32)33,22(21)24(27)30)19-9-5-3-7-17(19)20/h2-13,20-22H,1H3/t20?,21-,22-,26?/m0/s1. The fourth-order valence-corrected chi connectivity index (χ4v) is 6.16. The van der Waals surface area contributed by atoms with Crippen molar-refractivity contribution in [1.82, 2.24) is 0 Å². The van der Waals surface area contributed by atoms with Gasteiger partial charge in [-0.15, -0.1) is 0 Å². The van der Waals surface area contributed by atoms with Crippen molar-refractivity contribution in [2.75, 3.05) is 12.0 Å². The predicted octanol–water partition coefficient (Wildman–Crippen LogP) is 3.26. The van der Waals surface area contributed by atoms with Gasteiger partial charge in [-0.05, 0) is 35.4 Å². The second kappa shape index (κ2) is 6.84. The third kappa shape index (κ3) is 2.24. The Morgan fingerprint density at radius 3 is 2.00 bits per heavy atom. The minimum absolute atomic E-state index is 0.267. The first kappa shape index (κ1) is 20.3. The number of esters is 1. The van der Waals surface area contributed by atoms with Gasteiger partial charge in [-0.2, -0.15) is 0 Å². The Morgan fingerprint density at radius 1 is 0.912 bits per heavy atom. The first-order chi connectivity index (χ1) is 16.4. The quantitative estimate of drug-likeness (QED) is 0.260. The zero-order valence-corrected chi connectivity index (χ0v) is 18.0. The molecule has 1 saturated heterocycles. The van der Waals surface area contributed by atoms with Crippen LogP contribution in [0.4, 0.5) is 5.69 Å². The second-order valence-electron chi connectivity index (χ2n) is 8.73. The molecule has 0 unspecified atom stereocenters. The van der Waals surface area contributed by atoms with E-state index in [0.717, 1.165) is 4.90 Å². The summed E-state index contributed by atoms with van der Waals surface area (Å²) in [5.41, 5.74) is 1.03. The van der Waals surface area contributed by atoms with Crippen molar-refractivity contribution < 1.29 is 24.0 Å². The number of nitrogens with zero attached hydrogens (tertiary/aromatic N) is 2. The summed E-state index contributed by atoms with van der Waals surface area (Å²) >= 11 is 0. The summed E-state index contributed by atoms with van der Waals surface area (Å²) in [6.07, 6.45) is 0. The number of nitro groups is 1. The van der Waals surface area contributed by atoms with E-state index in [4.69, 9.17) is 4.74 Å². The highest BCUT2D eigenvalue weighted by atomic mass is 16.6. The Morgan fingerprint density at radius 2 is 1.47 bits per heavy atom. The van der Waals surface area contributed by atoms with Gasteiger partial charge in [0.1, 0.15) is 5.92 Å². The van der Waals surface area contributed by atoms with E-state index in [-0.39, 0.29) is 11.3 Å². The van der Waals surface area contributed by atoms with E-state index in [9.17, 15) is 24.5 Å². The van der Waals surface area contributed by atoms with E-state index < -0.39 is 46.0 Å². The molecule has 0 saturated carbocycles. The molecule has 1 aliphatic heterocycles. The Labute approximate surface area is 193 Å². The molecule has 0 radical (unpaired) electrons. The highest BCUT2D eigenvalue weighted by Gasteiger charge is 2.74. The van der Waals surface area contributed by atoms with Crippen LogP contribution >= 0.6 is 0 Å². The average Bonchev–Trinajstić information content (AvgIpc) is 3.14. The van der Waals surface area contributed by atoms with Gasteiger partial charge in [-0.25, -0.2) is 9.69 Å². The second-order valence-corrected chi connectivity index (χ2v) is 8.73. The van der Waals surface area contributed by atoms with Gasteiger partial charge >= 0.3 is 5.97 Å². The zero-order chi connectivity index (χ0) is 23.8. The first-order valence-electron chi connectivity index (χ1n) is 10.8. The summed E-state index contributed by atoms with van der Waals surface area (Å²) < 4.78 is 4.71. The third-order valence-electron chi connectivity index (χ3n) is 7.41. The average molecular weight is 454 g/mol. The van der Waals surface area contributed by atoms with E-state index in [1.165, 1.54) is 31.4 Å². The summed E-state index contributed by atoms with van der Waals surface area (Å²) in [6.45, 7) is 0. The summed E-state index contributed by atoms with van der Waals surface area (Å²) in [5, 5.41) is 12.9. The number of anilines is 1. The van der Waals surface area contributed by atoms with E-state index >= 15 is 0 Å². The fraction of sp³-hybridized carbons (Fsp3) is 0.192. The number of methoxy groups -OCH3 is 1. The van der Waals surface area contributed by atoms with Gasteiger partial charge in [0.05, 0.1) is 24.3 Å². The van der Waals surface area contributed by atoms with Crippen LogP contribution in [0.15, 0.2) is 72.8 Å². The van der Waals surface area contributed by atoms with Crippen LogP contribution in [0.1, 0.15) is 38.5 Å². The number of hydrogen-bond acceptors (Lipinski definition) is 6. The summed E-state index contributed by atoms with van der Waals surface area (Å²) in [6, 6.07) is 20.0. The maximum atomic E-state index is 13.9. The lowest BCUT2D eigenvalue weighted by Crippen LogP contribution is -2.57. The van der Waals surface area contributed by atoms with Crippen molar-refractivity contribution in [3.63, 3.8) is 0 Å². The maximum absolute atomic E-state index is 13.9. The van der Waals surface area contributed by atoms with Crippen LogP contribution in [0.3, 0.4) is 0 Å². The Bertz CT molecular complexity index is 1370. The molecule has 4 aliphatic rings. The van der Waals surface area contributed by atoms with Gasteiger partial charge in [0.25, 0.3) is 5.54 Å². The van der Waals surface area contributed by atoms with Gasteiger partial charge in [-0.3, -0.25) is 19.7 Å². The number of imide groups is 1. The molecule has 7 rings (SSSR count). The molecule has 3 aromatic carbocycles. The molecule has 34 heavy (non-hydrogen) atoms. The van der Waals surface area contributed by atoms with Crippen LogP contribution < -0.4 is 4.90 Å². The number of ether oxygens (including phenoxy) is 1. The Balaban J connectivity index is 1.57. The van der Waals surface area contributed by atoms with Gasteiger partial charge in [0, 0.05) is 22.0 Å². The largest absolute Gasteiger partial charge is 0.465 e. The summed E-state index contributed by atoms with van der Waals surface area (Å²) in [4.78, 5) is 53.0. The van der Waals surface area contributed by atoms with Crippen molar-refractivity contribution in [2.45, 2.75) is 11.5 Å². The van der Waals surface area contributed by atoms with Gasteiger partial charge < -0.3 is 4.74 Å². The molecule has 2 bridgehead atoms. The number of hydrogen-bond donors (Lipinski definition) is 0. The van der Waals surface area contributed by atoms with E-state index in [1.54, 1.807) is 36.4 Å². The minimum Gasteiger partial charge on any atom is -0.465 e. The molecule has 1 fully saturated rings. The molecule has 0 N–H and O–H groups in total. The number of carbonyl (C=O) groups is 3. The molecule has 168 valence electrons. The lowest BCUT2D eigenvalue weighted by atomic mass is 9.51. The maximum Gasteiger partial charge on any atom is 0.337 e. The molecule has 2 amide bonds. The SMILES string of the molecule is COC(=O)c1ccc(N2C(=O)[C@@H]3[C@@H](C2=O)C2c4ccccc4C3([N+](=O)[O-])c3ccccc32)cc1. The number of rotatable bonds is 3. The lowest BCUT2D eigenvalue weighted by Gasteiger charge is -2.48. The minimum atomic E-state index is -1.86. The molecular formula is C26H18N2O6. The van der Waals surface area contributed by atoms with Crippen LogP contribution in [0, 0.1) is 22.0 Å². The molecule has 8 nitrogen and oxygen atoms in total. The molecule has 0 spiro atoms. The van der Waals surface area contributed by atoms with Crippen molar-refractivity contribution >= 4 is 23.5 Å². The van der Waals surface area contributed by atoms with Gasteiger partial charge in [0.15, 0.2) is 0 Å². The highest BCUT2D eigenvalue weighted by Crippen LogP contribution is 2.64. The monoisotopic (exact) mass is 454 g/mol. The summed E-state index contributed by atoms with van der Waals surface area (Å²) in [5.74, 6) is -4.16. The van der Waals surface area contributed by atoms with Gasteiger partial charge in [0.2, 0.25) is 11.8 Å². The van der Waals surface area contributed by atoms with E-state index in [2.05, 4.69) is 0 Å². The zero-order valence-electron chi connectivity index (χ0n) is 18.0. The number of carbonyl (C=O) groups excluding carboxylic acids is 3. The highest BCUT2D eigenvalue weighted by molar-refractivity contribution is 6.23. The third-order valence-corrected chi connectivity index (χ3v) is 7.41. The van der Waals surface area contributed by atoms with Crippen molar-refractivity contribution in [1.29, 1.82) is 0 Å². The molecule has 1 heterocycles. The van der Waals surface area contributed by atoms with Crippen molar-refractivity contribution in [3.05, 3.63) is 111 Å². The van der Waals surface area contributed by atoms with E-state index in [0.29, 0.717) is 22.3 Å². The van der Waals surface area contributed by atoms with Crippen LogP contribution in [0.2, 0.25) is 0 Å². The molecule has 3 aromatic rings. The lowest BCUT2D eigenvalue weighted by molar-refractivity contribution is -0.578. The van der Waals surface area contributed by atoms with E-state index in [1.807, 2.05) is 12.1 Å². The van der Waals surface area contributed by atoms with Crippen molar-refractivity contribution in [2.24, 2.45) is 11.8 Å². The number of amides is 2. The Hall–Kier alpha value is -4.33. The van der Waals surface area contributed by atoms with Crippen LogP contribution in [-0.4, -0.2) is 29.8 Å². The summed E-state index contributed by atoms with van der Waals surface area (Å²) in [7, 11) is 1.26. The smallest absolute Gasteiger partial charge is 0.337 e. The molecule has 8 heteroatoms. The molecule has 3 aliphatic carbocycles. The normalized spacial score (nSPS) is 26.0. The Kier molecular flexibility index (Phi) is 4.08.